The van der Waals surface area contributed by atoms with Crippen LogP contribution in [0.4, 0.5) is 17.2 Å². The van der Waals surface area contributed by atoms with Gasteiger partial charge in [0.15, 0.2) is 0 Å². The number of carbonyl (C=O) groups excluding carboxylic acids is 1. The second-order valence-corrected chi connectivity index (χ2v) is 5.86. The summed E-state index contributed by atoms with van der Waals surface area (Å²) < 4.78 is 5.30. The van der Waals surface area contributed by atoms with Crippen molar-refractivity contribution in [2.45, 2.75) is 19.8 Å². The number of hydrogen-bond donors (Lipinski definition) is 1. The third kappa shape index (κ3) is 3.92. The van der Waals surface area contributed by atoms with Crippen molar-refractivity contribution in [1.82, 2.24) is 4.98 Å². The zero-order valence-electron chi connectivity index (χ0n) is 13.9. The van der Waals surface area contributed by atoms with Crippen LogP contribution >= 0.6 is 0 Å². The van der Waals surface area contributed by atoms with Gasteiger partial charge in [0.25, 0.3) is 0 Å². The van der Waals surface area contributed by atoms with Crippen molar-refractivity contribution in [2.24, 2.45) is 5.92 Å². The summed E-state index contributed by atoms with van der Waals surface area (Å²) >= 11 is 0. The molecule has 5 heteroatoms. The van der Waals surface area contributed by atoms with Crippen LogP contribution in [-0.2, 0) is 9.53 Å². The average Bonchev–Trinajstić information content (AvgIpc) is 2.65. The average molecular weight is 325 g/mol. The lowest BCUT2D eigenvalue weighted by atomic mass is 9.99. The van der Waals surface area contributed by atoms with Gasteiger partial charge < -0.3 is 15.0 Å². The lowest BCUT2D eigenvalue weighted by Gasteiger charge is -2.23. The summed E-state index contributed by atoms with van der Waals surface area (Å²) in [6.45, 7) is 4.25. The molecule has 0 bridgehead atoms. The van der Waals surface area contributed by atoms with E-state index in [0.717, 1.165) is 36.6 Å². The molecule has 0 unspecified atom stereocenters. The molecule has 1 aliphatic rings. The summed E-state index contributed by atoms with van der Waals surface area (Å²) in [7, 11) is 0. The first-order valence-corrected chi connectivity index (χ1v) is 8.45. The van der Waals surface area contributed by atoms with Gasteiger partial charge in [0.1, 0.15) is 5.82 Å². The van der Waals surface area contributed by atoms with Gasteiger partial charge in [0.05, 0.1) is 11.9 Å². The zero-order valence-corrected chi connectivity index (χ0v) is 13.9. The van der Waals surface area contributed by atoms with Crippen molar-refractivity contribution in [1.29, 1.82) is 0 Å². The van der Waals surface area contributed by atoms with Crippen molar-refractivity contribution in [3.05, 3.63) is 48.7 Å². The number of pyridine rings is 1. The van der Waals surface area contributed by atoms with Crippen LogP contribution in [0.1, 0.15) is 19.8 Å². The van der Waals surface area contributed by atoms with E-state index < -0.39 is 0 Å². The van der Waals surface area contributed by atoms with Gasteiger partial charge in [-0.1, -0.05) is 18.2 Å². The summed E-state index contributed by atoms with van der Waals surface area (Å²) in [4.78, 5) is 18.9. The molecule has 0 atom stereocenters. The molecule has 1 saturated heterocycles. The Balaban J connectivity index is 1.67. The Morgan fingerprint density at radius 3 is 2.58 bits per heavy atom. The van der Waals surface area contributed by atoms with Crippen LogP contribution in [0, 0.1) is 5.92 Å². The van der Waals surface area contributed by atoms with Crippen LogP contribution in [0.25, 0.3) is 0 Å². The number of carbonyl (C=O) groups is 1. The monoisotopic (exact) mass is 325 g/mol. The summed E-state index contributed by atoms with van der Waals surface area (Å²) in [5, 5.41) is 2.96. The van der Waals surface area contributed by atoms with Gasteiger partial charge in [0.2, 0.25) is 5.91 Å². The van der Waals surface area contributed by atoms with E-state index in [0.29, 0.717) is 13.2 Å². The Kier molecular flexibility index (Phi) is 5.43. The van der Waals surface area contributed by atoms with E-state index in [4.69, 9.17) is 4.74 Å². The molecule has 0 aliphatic carbocycles. The fourth-order valence-electron chi connectivity index (χ4n) is 2.91. The number of benzene rings is 1. The molecule has 3 rings (SSSR count). The topological polar surface area (TPSA) is 54.5 Å². The molecule has 1 N–H and O–H groups in total. The predicted molar refractivity (Wildman–Crippen MR) is 95.5 cm³/mol. The van der Waals surface area contributed by atoms with Crippen molar-refractivity contribution >= 4 is 23.1 Å². The molecule has 1 aliphatic heterocycles. The highest BCUT2D eigenvalue weighted by Gasteiger charge is 2.21. The first-order valence-electron chi connectivity index (χ1n) is 8.45. The van der Waals surface area contributed by atoms with E-state index in [1.165, 1.54) is 0 Å². The molecule has 5 nitrogen and oxygen atoms in total. The minimum Gasteiger partial charge on any atom is -0.381 e. The highest BCUT2D eigenvalue weighted by Crippen LogP contribution is 2.24. The highest BCUT2D eigenvalue weighted by atomic mass is 16.5. The number of nitrogens with one attached hydrogen (secondary N) is 1. The molecular weight excluding hydrogens is 302 g/mol. The van der Waals surface area contributed by atoms with Crippen LogP contribution < -0.4 is 10.2 Å². The number of aromatic nitrogens is 1. The van der Waals surface area contributed by atoms with Crippen LogP contribution in [-0.4, -0.2) is 30.6 Å². The van der Waals surface area contributed by atoms with Gasteiger partial charge >= 0.3 is 0 Å². The van der Waals surface area contributed by atoms with Crippen molar-refractivity contribution in [3.8, 4) is 0 Å². The van der Waals surface area contributed by atoms with E-state index >= 15 is 0 Å². The molecule has 0 radical (unpaired) electrons. The predicted octanol–water partition coefficient (Wildman–Crippen LogP) is 3.60. The molecule has 2 aromatic rings. The fourth-order valence-corrected chi connectivity index (χ4v) is 2.91. The van der Waals surface area contributed by atoms with Gasteiger partial charge in [-0.05, 0) is 44.0 Å². The molecular formula is C19H23N3O2. The minimum atomic E-state index is 0.0369. The molecule has 126 valence electrons. The summed E-state index contributed by atoms with van der Waals surface area (Å²) in [6.07, 6.45) is 3.29. The smallest absolute Gasteiger partial charge is 0.227 e. The molecule has 24 heavy (non-hydrogen) atoms. The van der Waals surface area contributed by atoms with E-state index in [1.807, 2.05) is 30.3 Å². The van der Waals surface area contributed by atoms with Gasteiger partial charge in [-0.2, -0.15) is 0 Å². The first kappa shape index (κ1) is 16.5. The van der Waals surface area contributed by atoms with Gasteiger partial charge in [-0.25, -0.2) is 4.98 Å². The second kappa shape index (κ2) is 7.93. The fraction of sp³-hybridized carbons (Fsp3) is 0.368. The van der Waals surface area contributed by atoms with E-state index in [-0.39, 0.29) is 11.8 Å². The SMILES string of the molecule is CCN(c1ccccc1)c1ccc(NC(=O)C2CCOCC2)cn1. The third-order valence-corrected chi connectivity index (χ3v) is 4.27. The quantitative estimate of drug-likeness (QED) is 0.912. The normalized spacial score (nSPS) is 15.0. The van der Waals surface area contributed by atoms with E-state index in [9.17, 15) is 4.79 Å². The Bertz CT molecular complexity index is 652. The maximum Gasteiger partial charge on any atom is 0.227 e. The zero-order chi connectivity index (χ0) is 16.8. The number of amides is 1. The van der Waals surface area contributed by atoms with Gasteiger partial charge in [-0.15, -0.1) is 0 Å². The maximum atomic E-state index is 12.3. The summed E-state index contributed by atoms with van der Waals surface area (Å²) in [5.74, 6) is 0.964. The molecule has 1 fully saturated rings. The molecule has 1 aromatic heterocycles. The van der Waals surface area contributed by atoms with Crippen LogP contribution in [0.3, 0.4) is 0 Å². The maximum absolute atomic E-state index is 12.3. The van der Waals surface area contributed by atoms with Crippen molar-refractivity contribution < 1.29 is 9.53 Å². The Morgan fingerprint density at radius 2 is 1.96 bits per heavy atom. The Hall–Kier alpha value is -2.40. The summed E-state index contributed by atoms with van der Waals surface area (Å²) in [6, 6.07) is 14.0. The molecule has 0 saturated carbocycles. The number of rotatable bonds is 5. The van der Waals surface area contributed by atoms with Gasteiger partial charge in [-0.3, -0.25) is 4.79 Å². The molecule has 1 amide bonds. The second-order valence-electron chi connectivity index (χ2n) is 5.86. The lowest BCUT2D eigenvalue weighted by molar-refractivity contribution is -0.122. The van der Waals surface area contributed by atoms with E-state index in [1.54, 1.807) is 6.20 Å². The highest BCUT2D eigenvalue weighted by molar-refractivity contribution is 5.92. The van der Waals surface area contributed by atoms with Crippen LogP contribution in [0.5, 0.6) is 0 Å². The molecule has 1 aromatic carbocycles. The Morgan fingerprint density at radius 1 is 1.21 bits per heavy atom. The van der Waals surface area contributed by atoms with Crippen LogP contribution in [0.2, 0.25) is 0 Å². The lowest BCUT2D eigenvalue weighted by Crippen LogP contribution is -2.28. The number of ether oxygens (including phenoxy) is 1. The van der Waals surface area contributed by atoms with Crippen LogP contribution in [0.15, 0.2) is 48.7 Å². The van der Waals surface area contributed by atoms with E-state index in [2.05, 4.69) is 34.3 Å². The molecule has 0 spiro atoms. The van der Waals surface area contributed by atoms with Crippen molar-refractivity contribution in [2.75, 3.05) is 30.0 Å². The Labute approximate surface area is 142 Å². The third-order valence-electron chi connectivity index (χ3n) is 4.27. The first-order chi connectivity index (χ1) is 11.8. The number of para-hydroxylation sites is 1. The molecule has 2 heterocycles. The number of nitrogens with zero attached hydrogens (tertiary/aromatic N) is 2. The number of hydrogen-bond acceptors (Lipinski definition) is 4. The standard InChI is InChI=1S/C19H23N3O2/c1-2-22(17-6-4-3-5-7-17)18-9-8-16(14-20-18)21-19(23)15-10-12-24-13-11-15/h3-9,14-15H,2,10-13H2,1H3,(H,21,23). The van der Waals surface area contributed by atoms with Crippen molar-refractivity contribution in [3.63, 3.8) is 0 Å². The minimum absolute atomic E-state index is 0.0369. The summed E-state index contributed by atoms with van der Waals surface area (Å²) in [5.41, 5.74) is 1.84. The van der Waals surface area contributed by atoms with Gasteiger partial charge in [0, 0.05) is 31.4 Å². The number of anilines is 3. The largest absolute Gasteiger partial charge is 0.381 e.